The van der Waals surface area contributed by atoms with Gasteiger partial charge in [0, 0.05) is 12.3 Å². The van der Waals surface area contributed by atoms with Gasteiger partial charge in [-0.3, -0.25) is 0 Å². The van der Waals surface area contributed by atoms with Gasteiger partial charge in [0.2, 0.25) is 0 Å². The van der Waals surface area contributed by atoms with E-state index in [9.17, 15) is 0 Å². The van der Waals surface area contributed by atoms with E-state index in [1.807, 2.05) is 0 Å². The first-order valence-corrected chi connectivity index (χ1v) is 4.49. The van der Waals surface area contributed by atoms with Crippen LogP contribution in [0.25, 0.3) is 0 Å². The lowest BCUT2D eigenvalue weighted by Crippen LogP contribution is -1.65. The maximum Gasteiger partial charge on any atom is 0.173 e. The number of aromatic nitrogens is 1. The minimum absolute atomic E-state index is 0.0880. The van der Waals surface area contributed by atoms with Crippen LogP contribution < -0.4 is 0 Å². The number of rotatable bonds is 1. The summed E-state index contributed by atoms with van der Waals surface area (Å²) in [6, 6.07) is 11.1. The molecule has 0 aliphatic rings. The van der Waals surface area contributed by atoms with Gasteiger partial charge in [-0.1, -0.05) is 12.1 Å². The van der Waals surface area contributed by atoms with Crippen LogP contribution in [-0.2, 0) is 0 Å². The van der Waals surface area contributed by atoms with Gasteiger partial charge in [0.05, 0.1) is 0 Å². The molecule has 0 atom stereocenters. The van der Waals surface area contributed by atoms with E-state index in [-0.39, 0.29) is 11.5 Å². The SMILES string of the molecule is N=Nc1ccccn1.Oc1cccc(O)c1. The molecule has 0 amide bonds. The monoisotopic (exact) mass is 217 g/mol. The molecule has 3 N–H and O–H groups in total. The van der Waals surface area contributed by atoms with Crippen molar-refractivity contribution in [2.45, 2.75) is 0 Å². The summed E-state index contributed by atoms with van der Waals surface area (Å²) in [6.45, 7) is 0. The molecule has 16 heavy (non-hydrogen) atoms. The Morgan fingerprint density at radius 1 is 1.00 bits per heavy atom. The van der Waals surface area contributed by atoms with E-state index < -0.39 is 0 Å². The molecule has 2 aromatic rings. The third kappa shape index (κ3) is 4.19. The second kappa shape index (κ2) is 6.13. The molecule has 0 spiro atoms. The highest BCUT2D eigenvalue weighted by atomic mass is 16.3. The Bertz CT molecular complexity index is 429. The fourth-order valence-corrected chi connectivity index (χ4v) is 0.913. The zero-order chi connectivity index (χ0) is 11.8. The zero-order valence-corrected chi connectivity index (χ0v) is 8.41. The van der Waals surface area contributed by atoms with Gasteiger partial charge in [-0.2, -0.15) is 0 Å². The van der Waals surface area contributed by atoms with Crippen molar-refractivity contribution in [3.63, 3.8) is 0 Å². The van der Waals surface area contributed by atoms with E-state index in [0.29, 0.717) is 5.82 Å². The van der Waals surface area contributed by atoms with E-state index >= 15 is 0 Å². The Morgan fingerprint density at radius 2 is 1.69 bits per heavy atom. The lowest BCUT2D eigenvalue weighted by molar-refractivity contribution is 0.450. The predicted octanol–water partition coefficient (Wildman–Crippen LogP) is 2.84. The van der Waals surface area contributed by atoms with Crippen molar-refractivity contribution in [3.8, 4) is 11.5 Å². The Kier molecular flexibility index (Phi) is 4.46. The summed E-state index contributed by atoms with van der Waals surface area (Å²) in [6.07, 6.45) is 1.60. The maximum absolute atomic E-state index is 8.65. The van der Waals surface area contributed by atoms with Crippen LogP contribution in [0.4, 0.5) is 5.82 Å². The number of hydrogen-bond donors (Lipinski definition) is 3. The molecule has 0 unspecified atom stereocenters. The Hall–Kier alpha value is -2.43. The normalized spacial score (nSPS) is 8.75. The van der Waals surface area contributed by atoms with E-state index in [1.165, 1.54) is 18.2 Å². The van der Waals surface area contributed by atoms with E-state index in [0.717, 1.165) is 0 Å². The van der Waals surface area contributed by atoms with Gasteiger partial charge >= 0.3 is 0 Å². The lowest BCUT2D eigenvalue weighted by atomic mass is 10.3. The number of nitrogens with one attached hydrogen (secondary N) is 1. The van der Waals surface area contributed by atoms with Crippen LogP contribution in [0.15, 0.2) is 53.8 Å². The molecule has 5 nitrogen and oxygen atoms in total. The number of benzene rings is 1. The number of hydrogen-bond acceptors (Lipinski definition) is 5. The van der Waals surface area contributed by atoms with Crippen LogP contribution in [0, 0.1) is 5.53 Å². The van der Waals surface area contributed by atoms with Crippen LogP contribution in [0.5, 0.6) is 11.5 Å². The molecule has 0 bridgehead atoms. The molecule has 2 rings (SSSR count). The molecule has 0 aliphatic heterocycles. The summed E-state index contributed by atoms with van der Waals surface area (Å²) in [5, 5.41) is 20.4. The molecule has 0 fully saturated rings. The van der Waals surface area contributed by atoms with E-state index in [2.05, 4.69) is 10.1 Å². The third-order valence-corrected chi connectivity index (χ3v) is 1.59. The van der Waals surface area contributed by atoms with Gasteiger partial charge in [0.1, 0.15) is 11.5 Å². The topological polar surface area (TPSA) is 89.6 Å². The van der Waals surface area contributed by atoms with Gasteiger partial charge in [-0.05, 0) is 24.3 Å². The summed E-state index contributed by atoms with van der Waals surface area (Å²) >= 11 is 0. The summed E-state index contributed by atoms with van der Waals surface area (Å²) in [4.78, 5) is 3.74. The molecule has 1 heterocycles. The number of nitrogens with zero attached hydrogens (tertiary/aromatic N) is 2. The standard InChI is InChI=1S/C6H6O2.C5H5N3/c7-5-2-1-3-6(8)4-5;6-8-5-3-1-2-4-7-5/h1-4,7-8H;1-4,6H. The number of pyridine rings is 1. The van der Waals surface area contributed by atoms with Crippen molar-refractivity contribution in [2.24, 2.45) is 5.11 Å². The molecule has 1 aromatic heterocycles. The van der Waals surface area contributed by atoms with Gasteiger partial charge in [0.15, 0.2) is 5.82 Å². The molecule has 0 saturated carbocycles. The smallest absolute Gasteiger partial charge is 0.173 e. The van der Waals surface area contributed by atoms with Crippen molar-refractivity contribution in [3.05, 3.63) is 48.7 Å². The van der Waals surface area contributed by atoms with Crippen LogP contribution in [0.1, 0.15) is 0 Å². The fourth-order valence-electron chi connectivity index (χ4n) is 0.913. The van der Waals surface area contributed by atoms with Gasteiger partial charge in [-0.15, -0.1) is 5.11 Å². The Balaban J connectivity index is 0.000000160. The summed E-state index contributed by atoms with van der Waals surface area (Å²) in [7, 11) is 0. The minimum atomic E-state index is 0.0880. The number of phenols is 2. The molecule has 0 aliphatic carbocycles. The van der Waals surface area contributed by atoms with Crippen molar-refractivity contribution in [1.82, 2.24) is 4.98 Å². The van der Waals surface area contributed by atoms with Crippen LogP contribution in [-0.4, -0.2) is 15.2 Å². The van der Waals surface area contributed by atoms with Crippen LogP contribution >= 0.6 is 0 Å². The highest BCUT2D eigenvalue weighted by Crippen LogP contribution is 2.14. The third-order valence-electron chi connectivity index (χ3n) is 1.59. The Morgan fingerprint density at radius 3 is 2.00 bits per heavy atom. The molecule has 0 radical (unpaired) electrons. The highest BCUT2D eigenvalue weighted by molar-refractivity contribution is 5.30. The first kappa shape index (κ1) is 11.6. The second-order valence-corrected chi connectivity index (χ2v) is 2.82. The van der Waals surface area contributed by atoms with E-state index in [1.54, 1.807) is 30.5 Å². The lowest BCUT2D eigenvalue weighted by Gasteiger charge is -1.89. The first-order valence-electron chi connectivity index (χ1n) is 4.49. The average Bonchev–Trinajstić information content (AvgIpc) is 2.31. The van der Waals surface area contributed by atoms with Crippen LogP contribution in [0.3, 0.4) is 0 Å². The second-order valence-electron chi connectivity index (χ2n) is 2.82. The van der Waals surface area contributed by atoms with E-state index in [4.69, 9.17) is 15.7 Å². The maximum atomic E-state index is 8.65. The van der Waals surface area contributed by atoms with Crippen molar-refractivity contribution >= 4 is 5.82 Å². The molecule has 0 saturated heterocycles. The van der Waals surface area contributed by atoms with Gasteiger partial charge in [0.25, 0.3) is 0 Å². The summed E-state index contributed by atoms with van der Waals surface area (Å²) in [5.74, 6) is 0.627. The van der Waals surface area contributed by atoms with Crippen LogP contribution in [0.2, 0.25) is 0 Å². The highest BCUT2D eigenvalue weighted by Gasteiger charge is 1.85. The minimum Gasteiger partial charge on any atom is -0.508 e. The molecule has 82 valence electrons. The first-order chi connectivity index (χ1) is 7.72. The predicted molar refractivity (Wildman–Crippen MR) is 58.8 cm³/mol. The number of phenolic OH excluding ortho intramolecular Hbond substituents is 2. The molecule has 5 heteroatoms. The molecule has 1 aromatic carbocycles. The zero-order valence-electron chi connectivity index (χ0n) is 8.41. The quantitative estimate of drug-likeness (QED) is 0.641. The average molecular weight is 217 g/mol. The van der Waals surface area contributed by atoms with Crippen molar-refractivity contribution in [2.75, 3.05) is 0 Å². The number of aromatic hydroxyl groups is 2. The van der Waals surface area contributed by atoms with Gasteiger partial charge < -0.3 is 10.2 Å². The Labute approximate surface area is 92.5 Å². The largest absolute Gasteiger partial charge is 0.508 e. The fraction of sp³-hybridized carbons (Fsp3) is 0. The summed E-state index contributed by atoms with van der Waals surface area (Å²) < 4.78 is 0. The van der Waals surface area contributed by atoms with Gasteiger partial charge in [-0.25, -0.2) is 10.5 Å². The van der Waals surface area contributed by atoms with Crippen molar-refractivity contribution < 1.29 is 10.2 Å². The molecular formula is C11H11N3O2. The molecular weight excluding hydrogens is 206 g/mol. The summed E-state index contributed by atoms with van der Waals surface area (Å²) in [5.41, 5.74) is 6.51. The van der Waals surface area contributed by atoms with Crippen molar-refractivity contribution in [1.29, 1.82) is 5.53 Å².